The molecule has 0 atom stereocenters. The van der Waals surface area contributed by atoms with Crippen LogP contribution in [-0.4, -0.2) is 43.9 Å². The summed E-state index contributed by atoms with van der Waals surface area (Å²) in [6.07, 6.45) is -1.18. The number of anilines is 1. The number of halogens is 2. The van der Waals surface area contributed by atoms with Gasteiger partial charge in [-0.25, -0.2) is 13.8 Å². The lowest BCUT2D eigenvalue weighted by Crippen LogP contribution is -2.17. The van der Waals surface area contributed by atoms with Gasteiger partial charge in [-0.15, -0.1) is 11.3 Å². The minimum atomic E-state index is -2.85. The molecule has 5 rings (SSSR count). The van der Waals surface area contributed by atoms with Crippen molar-refractivity contribution in [2.24, 2.45) is 12.8 Å². The molecule has 0 aliphatic heterocycles. The largest absolute Gasteiger partial charge is 0.497 e. The third-order valence-corrected chi connectivity index (χ3v) is 6.98. The number of benzene rings is 1. The molecule has 0 bridgehead atoms. The normalized spacial score (nSPS) is 11.3. The van der Waals surface area contributed by atoms with E-state index in [1.807, 2.05) is 0 Å². The maximum Gasteiger partial charge on any atom is 0.280 e. The molecule has 13 heteroatoms. The number of methoxy groups -OCH3 is 1. The molecule has 38 heavy (non-hydrogen) atoms. The van der Waals surface area contributed by atoms with Crippen LogP contribution >= 0.6 is 11.3 Å². The van der Waals surface area contributed by atoms with E-state index in [1.54, 1.807) is 62.3 Å². The summed E-state index contributed by atoms with van der Waals surface area (Å²) >= 11 is 0.829. The SMILES string of the molecule is COc1ccc(-c2cc(C(=O)Nc3c(C(N)=O)sc4nc(C(F)F)cc(-c5cn(C)nc5C)c34)[nH]n2)cc1. The molecule has 0 unspecified atom stereocenters. The van der Waals surface area contributed by atoms with Crippen molar-refractivity contribution < 1.29 is 23.1 Å². The number of H-pyrrole nitrogens is 1. The van der Waals surface area contributed by atoms with E-state index in [-0.39, 0.29) is 21.1 Å². The van der Waals surface area contributed by atoms with Crippen molar-refractivity contribution in [1.29, 1.82) is 0 Å². The van der Waals surface area contributed by atoms with Gasteiger partial charge in [0.15, 0.2) is 0 Å². The number of nitrogens with one attached hydrogen (secondary N) is 2. The van der Waals surface area contributed by atoms with E-state index in [9.17, 15) is 18.4 Å². The molecule has 0 aliphatic rings. The Labute approximate surface area is 218 Å². The second-order valence-electron chi connectivity index (χ2n) is 8.40. The van der Waals surface area contributed by atoms with Gasteiger partial charge in [-0.3, -0.25) is 19.4 Å². The molecule has 4 heterocycles. The van der Waals surface area contributed by atoms with Gasteiger partial charge in [0.1, 0.15) is 26.8 Å². The Hall–Kier alpha value is -4.65. The van der Waals surface area contributed by atoms with Crippen LogP contribution in [0.1, 0.15) is 38.0 Å². The zero-order valence-corrected chi connectivity index (χ0v) is 21.2. The number of hydrogen-bond acceptors (Lipinski definition) is 7. The smallest absolute Gasteiger partial charge is 0.280 e. The Morgan fingerprint density at radius 2 is 1.92 bits per heavy atom. The standard InChI is InChI=1S/C25H21F2N7O3S/c1-11-15(10-34(2)33-11)14-8-17(22(26)27)29-25-19(14)20(21(38-25)23(28)35)30-24(36)18-9-16(31-32-18)12-4-6-13(37-3)7-5-12/h4-10,22H,1-3H3,(H2,28,35)(H,30,36)(H,31,32). The van der Waals surface area contributed by atoms with Crippen molar-refractivity contribution in [3.05, 3.63) is 64.6 Å². The van der Waals surface area contributed by atoms with Gasteiger partial charge in [0, 0.05) is 29.8 Å². The number of thiophene rings is 1. The monoisotopic (exact) mass is 537 g/mol. The van der Waals surface area contributed by atoms with E-state index in [4.69, 9.17) is 10.5 Å². The van der Waals surface area contributed by atoms with Crippen LogP contribution in [0.25, 0.3) is 32.6 Å². The van der Waals surface area contributed by atoms with Crippen LogP contribution in [0.3, 0.4) is 0 Å². The maximum atomic E-state index is 13.7. The highest BCUT2D eigenvalue weighted by molar-refractivity contribution is 7.21. The number of nitrogens with zero attached hydrogens (tertiary/aromatic N) is 4. The number of amides is 2. The van der Waals surface area contributed by atoms with Crippen molar-refractivity contribution >= 4 is 39.1 Å². The molecule has 0 aliphatic carbocycles. The van der Waals surface area contributed by atoms with Crippen molar-refractivity contribution in [2.75, 3.05) is 12.4 Å². The zero-order chi connectivity index (χ0) is 27.1. The van der Waals surface area contributed by atoms with E-state index in [0.29, 0.717) is 33.7 Å². The van der Waals surface area contributed by atoms with Gasteiger partial charge in [-0.1, -0.05) is 0 Å². The Morgan fingerprint density at radius 3 is 2.53 bits per heavy atom. The molecule has 194 valence electrons. The van der Waals surface area contributed by atoms with E-state index in [1.165, 1.54) is 6.07 Å². The Bertz CT molecular complexity index is 1690. The number of rotatable bonds is 7. The number of primary amides is 1. The number of ether oxygens (including phenoxy) is 1. The summed E-state index contributed by atoms with van der Waals surface area (Å²) < 4.78 is 34.1. The predicted molar refractivity (Wildman–Crippen MR) is 139 cm³/mol. The van der Waals surface area contributed by atoms with Crippen LogP contribution in [0.2, 0.25) is 0 Å². The topological polar surface area (TPSA) is 141 Å². The summed E-state index contributed by atoms with van der Waals surface area (Å²) in [7, 11) is 3.26. The number of aromatic nitrogens is 5. The fourth-order valence-corrected chi connectivity index (χ4v) is 5.14. The molecule has 0 fully saturated rings. The summed E-state index contributed by atoms with van der Waals surface area (Å²) in [6, 6.07) is 9.91. The average molecular weight is 538 g/mol. The predicted octanol–water partition coefficient (Wildman–Crippen LogP) is 4.69. The molecule has 0 saturated carbocycles. The first kappa shape index (κ1) is 25.0. The highest BCUT2D eigenvalue weighted by atomic mass is 32.1. The number of pyridine rings is 1. The van der Waals surface area contributed by atoms with Gasteiger partial charge in [-0.2, -0.15) is 10.2 Å². The molecule has 4 aromatic heterocycles. The minimum absolute atomic E-state index is 0.0232. The lowest BCUT2D eigenvalue weighted by molar-refractivity contribution is 0.100. The molecule has 4 N–H and O–H groups in total. The Balaban J connectivity index is 1.60. The van der Waals surface area contributed by atoms with E-state index in [0.717, 1.165) is 16.9 Å². The number of alkyl halides is 2. The number of carbonyl (C=O) groups is 2. The molecular formula is C25H21F2N7O3S. The fraction of sp³-hybridized carbons (Fsp3) is 0.160. The van der Waals surface area contributed by atoms with E-state index >= 15 is 0 Å². The third-order valence-electron chi connectivity index (χ3n) is 5.88. The first-order valence-corrected chi connectivity index (χ1v) is 12.0. The number of aryl methyl sites for hydroxylation is 2. The molecule has 1 aromatic carbocycles. The molecule has 2 amide bonds. The number of carbonyl (C=O) groups excluding carboxylic acids is 2. The van der Waals surface area contributed by atoms with Crippen molar-refractivity contribution in [3.63, 3.8) is 0 Å². The van der Waals surface area contributed by atoms with E-state index < -0.39 is 23.9 Å². The summed E-state index contributed by atoms with van der Waals surface area (Å²) in [5, 5.41) is 14.2. The van der Waals surface area contributed by atoms with Crippen LogP contribution in [0.4, 0.5) is 14.5 Å². The van der Waals surface area contributed by atoms with Gasteiger partial charge in [0.05, 0.1) is 24.2 Å². The van der Waals surface area contributed by atoms with Crippen molar-refractivity contribution in [2.45, 2.75) is 13.3 Å². The van der Waals surface area contributed by atoms with Gasteiger partial charge in [0.2, 0.25) is 0 Å². The van der Waals surface area contributed by atoms with Crippen LogP contribution in [0.15, 0.2) is 42.6 Å². The first-order chi connectivity index (χ1) is 18.2. The quantitative estimate of drug-likeness (QED) is 0.275. The van der Waals surface area contributed by atoms with Crippen LogP contribution in [-0.2, 0) is 7.05 Å². The lowest BCUT2D eigenvalue weighted by atomic mass is 10.0. The Morgan fingerprint density at radius 1 is 1.18 bits per heavy atom. The van der Waals surface area contributed by atoms with Gasteiger partial charge < -0.3 is 15.8 Å². The van der Waals surface area contributed by atoms with Crippen molar-refractivity contribution in [3.8, 4) is 28.1 Å². The van der Waals surface area contributed by atoms with Gasteiger partial charge >= 0.3 is 0 Å². The highest BCUT2D eigenvalue weighted by Gasteiger charge is 2.26. The zero-order valence-electron chi connectivity index (χ0n) is 20.4. The van der Waals surface area contributed by atoms with Gasteiger partial charge in [-0.05, 0) is 48.9 Å². The Kier molecular flexibility index (Phi) is 6.36. The van der Waals surface area contributed by atoms with Crippen molar-refractivity contribution in [1.82, 2.24) is 25.0 Å². The highest BCUT2D eigenvalue weighted by Crippen LogP contribution is 2.43. The molecule has 0 saturated heterocycles. The average Bonchev–Trinajstić information content (AvgIpc) is 3.60. The maximum absolute atomic E-state index is 13.7. The summed E-state index contributed by atoms with van der Waals surface area (Å²) in [4.78, 5) is 29.8. The second-order valence-corrected chi connectivity index (χ2v) is 9.40. The lowest BCUT2D eigenvalue weighted by Gasteiger charge is -2.10. The number of nitrogens with two attached hydrogens (primary N) is 1. The third kappa shape index (κ3) is 4.47. The molecule has 0 spiro atoms. The number of aromatic amines is 1. The number of hydrogen-bond donors (Lipinski definition) is 3. The summed E-state index contributed by atoms with van der Waals surface area (Å²) in [6.45, 7) is 1.73. The molecule has 10 nitrogen and oxygen atoms in total. The summed E-state index contributed by atoms with van der Waals surface area (Å²) in [5.41, 5.74) is 8.06. The van der Waals surface area contributed by atoms with Crippen LogP contribution in [0, 0.1) is 6.92 Å². The van der Waals surface area contributed by atoms with Crippen LogP contribution in [0.5, 0.6) is 5.75 Å². The fourth-order valence-electron chi connectivity index (χ4n) is 4.13. The first-order valence-electron chi connectivity index (χ1n) is 11.2. The molecular weight excluding hydrogens is 516 g/mol. The second kappa shape index (κ2) is 9.67. The summed E-state index contributed by atoms with van der Waals surface area (Å²) in [5.74, 6) is -0.764. The molecule has 0 radical (unpaired) electrons. The molecule has 5 aromatic rings. The number of fused-ring (bicyclic) bond motifs is 1. The van der Waals surface area contributed by atoms with Crippen LogP contribution < -0.4 is 15.8 Å². The van der Waals surface area contributed by atoms with E-state index in [2.05, 4.69) is 25.6 Å². The van der Waals surface area contributed by atoms with Gasteiger partial charge in [0.25, 0.3) is 18.2 Å². The minimum Gasteiger partial charge on any atom is -0.497 e.